The lowest BCUT2D eigenvalue weighted by atomic mass is 10.0. The lowest BCUT2D eigenvalue weighted by Crippen LogP contribution is -2.44. The van der Waals surface area contributed by atoms with Gasteiger partial charge in [0.1, 0.15) is 17.3 Å². The van der Waals surface area contributed by atoms with Crippen molar-refractivity contribution in [3.63, 3.8) is 0 Å². The fraction of sp³-hybridized carbons (Fsp3) is 0.500. The standard InChI is InChI=1S/C16H21N7O/c1-11-10-24-8-7-23(11)14-9-12(16(2,3)17-4)19-15(21-14)20-13-5-6-18-22-13/h5-6,9,11H,7-8,10H2,1-3H3,(H2,18,19,20,21,22)/t11-/m1/s1. The summed E-state index contributed by atoms with van der Waals surface area (Å²) in [5.74, 6) is 1.95. The number of hydrogen-bond acceptors (Lipinski definition) is 6. The highest BCUT2D eigenvalue weighted by Gasteiger charge is 2.31. The van der Waals surface area contributed by atoms with Gasteiger partial charge in [-0.3, -0.25) is 5.10 Å². The van der Waals surface area contributed by atoms with Crippen LogP contribution in [0.4, 0.5) is 17.6 Å². The maximum atomic E-state index is 7.46. The van der Waals surface area contributed by atoms with Gasteiger partial charge in [-0.2, -0.15) is 10.1 Å². The summed E-state index contributed by atoms with van der Waals surface area (Å²) in [7, 11) is 0. The predicted octanol–water partition coefficient (Wildman–Crippen LogP) is 2.32. The van der Waals surface area contributed by atoms with Gasteiger partial charge in [0.15, 0.2) is 0 Å². The molecule has 126 valence electrons. The van der Waals surface area contributed by atoms with E-state index in [1.54, 1.807) is 12.3 Å². The van der Waals surface area contributed by atoms with E-state index >= 15 is 0 Å². The maximum absolute atomic E-state index is 7.46. The van der Waals surface area contributed by atoms with E-state index in [1.807, 2.05) is 19.9 Å². The molecule has 3 rings (SSSR count). The maximum Gasteiger partial charge on any atom is 0.268 e. The van der Waals surface area contributed by atoms with E-state index in [-0.39, 0.29) is 6.04 Å². The molecule has 1 aliphatic heterocycles. The number of nitrogens with zero attached hydrogens (tertiary/aromatic N) is 5. The van der Waals surface area contributed by atoms with Crippen LogP contribution >= 0.6 is 0 Å². The van der Waals surface area contributed by atoms with Gasteiger partial charge in [0.25, 0.3) is 5.54 Å². The minimum atomic E-state index is -0.725. The summed E-state index contributed by atoms with van der Waals surface area (Å²) in [4.78, 5) is 15.0. The average Bonchev–Trinajstić information content (AvgIpc) is 3.08. The highest BCUT2D eigenvalue weighted by molar-refractivity contribution is 5.53. The van der Waals surface area contributed by atoms with E-state index in [0.29, 0.717) is 30.7 Å². The Morgan fingerprint density at radius 1 is 1.46 bits per heavy atom. The molecular formula is C16H21N7O. The third kappa shape index (κ3) is 3.31. The van der Waals surface area contributed by atoms with Crippen LogP contribution in [0.2, 0.25) is 0 Å². The SMILES string of the molecule is [C-]#[N+]C(C)(C)c1cc(N2CCOC[C@H]2C)nc(Nc2ccn[nH]2)n1. The molecule has 1 saturated heterocycles. The van der Waals surface area contributed by atoms with Crippen molar-refractivity contribution in [3.05, 3.63) is 35.4 Å². The minimum absolute atomic E-state index is 0.220. The summed E-state index contributed by atoms with van der Waals surface area (Å²) in [5, 5.41) is 9.86. The van der Waals surface area contributed by atoms with E-state index in [0.717, 1.165) is 12.4 Å². The van der Waals surface area contributed by atoms with E-state index in [2.05, 4.69) is 42.2 Å². The summed E-state index contributed by atoms with van der Waals surface area (Å²) in [6.45, 7) is 15.4. The Balaban J connectivity index is 2.01. The van der Waals surface area contributed by atoms with Gasteiger partial charge in [-0.05, 0) is 6.92 Å². The Morgan fingerprint density at radius 2 is 2.29 bits per heavy atom. The Hall–Kier alpha value is -2.66. The molecular weight excluding hydrogens is 306 g/mol. The minimum Gasteiger partial charge on any atom is -0.377 e. The smallest absolute Gasteiger partial charge is 0.268 e. The molecule has 8 nitrogen and oxygen atoms in total. The van der Waals surface area contributed by atoms with Crippen LogP contribution in [0, 0.1) is 6.57 Å². The van der Waals surface area contributed by atoms with Crippen molar-refractivity contribution in [2.24, 2.45) is 0 Å². The Kier molecular flexibility index (Phi) is 4.36. The first kappa shape index (κ1) is 16.2. The van der Waals surface area contributed by atoms with Gasteiger partial charge in [-0.1, -0.05) is 0 Å². The number of nitrogens with one attached hydrogen (secondary N) is 2. The van der Waals surface area contributed by atoms with E-state index in [4.69, 9.17) is 11.3 Å². The zero-order valence-electron chi connectivity index (χ0n) is 14.1. The molecule has 2 aromatic rings. The van der Waals surface area contributed by atoms with Crippen LogP contribution in [0.1, 0.15) is 26.5 Å². The molecule has 2 N–H and O–H groups in total. The predicted molar refractivity (Wildman–Crippen MR) is 91.2 cm³/mol. The molecule has 0 amide bonds. The Labute approximate surface area is 141 Å². The third-order valence-corrected chi connectivity index (χ3v) is 4.03. The lowest BCUT2D eigenvalue weighted by Gasteiger charge is -2.34. The zero-order chi connectivity index (χ0) is 17.2. The topological polar surface area (TPSA) is 83.3 Å². The van der Waals surface area contributed by atoms with Gasteiger partial charge in [0.05, 0.1) is 25.5 Å². The fourth-order valence-corrected chi connectivity index (χ4v) is 2.52. The number of rotatable bonds is 4. The van der Waals surface area contributed by atoms with Crippen molar-refractivity contribution in [2.75, 3.05) is 30.0 Å². The number of ether oxygens (including phenoxy) is 1. The van der Waals surface area contributed by atoms with Gasteiger partial charge in [0, 0.05) is 32.5 Å². The molecule has 1 aliphatic rings. The quantitative estimate of drug-likeness (QED) is 0.839. The average molecular weight is 327 g/mol. The number of H-pyrrole nitrogens is 1. The summed E-state index contributed by atoms with van der Waals surface area (Å²) in [6, 6.07) is 3.92. The first-order chi connectivity index (χ1) is 11.5. The molecule has 3 heterocycles. The molecule has 0 aromatic carbocycles. The molecule has 1 fully saturated rings. The van der Waals surface area contributed by atoms with Crippen LogP contribution in [0.5, 0.6) is 0 Å². The molecule has 0 saturated carbocycles. The van der Waals surface area contributed by atoms with E-state index < -0.39 is 5.54 Å². The second-order valence-electron chi connectivity index (χ2n) is 6.32. The Bertz CT molecular complexity index is 735. The van der Waals surface area contributed by atoms with Crippen LogP contribution < -0.4 is 10.2 Å². The Morgan fingerprint density at radius 3 is 2.96 bits per heavy atom. The van der Waals surface area contributed by atoms with Crippen molar-refractivity contribution >= 4 is 17.6 Å². The summed E-state index contributed by atoms with van der Waals surface area (Å²) < 4.78 is 5.51. The summed E-state index contributed by atoms with van der Waals surface area (Å²) in [5.41, 5.74) is -0.0410. The second kappa shape index (κ2) is 6.45. The largest absolute Gasteiger partial charge is 0.377 e. The fourth-order valence-electron chi connectivity index (χ4n) is 2.52. The van der Waals surface area contributed by atoms with E-state index in [1.165, 1.54) is 0 Å². The van der Waals surface area contributed by atoms with Crippen LogP contribution in [0.15, 0.2) is 18.3 Å². The second-order valence-corrected chi connectivity index (χ2v) is 6.32. The van der Waals surface area contributed by atoms with Gasteiger partial charge >= 0.3 is 0 Å². The molecule has 8 heteroatoms. The van der Waals surface area contributed by atoms with Crippen LogP contribution in [0.3, 0.4) is 0 Å². The van der Waals surface area contributed by atoms with Crippen molar-refractivity contribution in [3.8, 4) is 0 Å². The first-order valence-electron chi connectivity index (χ1n) is 7.88. The molecule has 0 radical (unpaired) electrons. The zero-order valence-corrected chi connectivity index (χ0v) is 14.1. The molecule has 2 aromatic heterocycles. The summed E-state index contributed by atoms with van der Waals surface area (Å²) in [6.07, 6.45) is 1.65. The van der Waals surface area contributed by atoms with Crippen molar-refractivity contribution in [1.82, 2.24) is 20.2 Å². The van der Waals surface area contributed by atoms with Gasteiger partial charge in [0.2, 0.25) is 5.95 Å². The van der Waals surface area contributed by atoms with Gasteiger partial charge in [-0.25, -0.2) is 11.6 Å². The lowest BCUT2D eigenvalue weighted by molar-refractivity contribution is 0.0985. The number of aromatic nitrogens is 4. The van der Waals surface area contributed by atoms with Crippen molar-refractivity contribution in [1.29, 1.82) is 0 Å². The highest BCUT2D eigenvalue weighted by Crippen LogP contribution is 2.29. The van der Waals surface area contributed by atoms with Crippen LogP contribution in [0.25, 0.3) is 4.85 Å². The normalized spacial score (nSPS) is 18.2. The highest BCUT2D eigenvalue weighted by atomic mass is 16.5. The number of aromatic amines is 1. The number of morpholine rings is 1. The summed E-state index contributed by atoms with van der Waals surface area (Å²) >= 11 is 0. The van der Waals surface area contributed by atoms with E-state index in [9.17, 15) is 0 Å². The third-order valence-electron chi connectivity index (χ3n) is 4.03. The first-order valence-corrected chi connectivity index (χ1v) is 7.88. The molecule has 0 aliphatic carbocycles. The van der Waals surface area contributed by atoms with Crippen LogP contribution in [-0.2, 0) is 10.3 Å². The molecule has 24 heavy (non-hydrogen) atoms. The number of hydrogen-bond donors (Lipinski definition) is 2. The van der Waals surface area contributed by atoms with Gasteiger partial charge in [-0.15, -0.1) is 0 Å². The van der Waals surface area contributed by atoms with Crippen molar-refractivity contribution in [2.45, 2.75) is 32.4 Å². The van der Waals surface area contributed by atoms with Crippen molar-refractivity contribution < 1.29 is 4.74 Å². The molecule has 0 bridgehead atoms. The molecule has 0 spiro atoms. The van der Waals surface area contributed by atoms with Crippen LogP contribution in [-0.4, -0.2) is 46.0 Å². The monoisotopic (exact) mass is 327 g/mol. The molecule has 1 atom stereocenters. The molecule has 0 unspecified atom stereocenters. The number of anilines is 3. The van der Waals surface area contributed by atoms with Gasteiger partial charge < -0.3 is 19.8 Å².